The highest BCUT2D eigenvalue weighted by Gasteiger charge is 2.14. The normalized spacial score (nSPS) is 16.5. The molecule has 0 aliphatic carbocycles. The molecule has 1 aromatic carbocycles. The van der Waals surface area contributed by atoms with E-state index in [1.54, 1.807) is 7.11 Å². The van der Waals surface area contributed by atoms with Gasteiger partial charge in [0, 0.05) is 38.3 Å². The fourth-order valence-corrected chi connectivity index (χ4v) is 2.74. The van der Waals surface area contributed by atoms with Gasteiger partial charge < -0.3 is 19.3 Å². The second-order valence-corrected chi connectivity index (χ2v) is 5.79. The third-order valence-corrected chi connectivity index (χ3v) is 4.11. The molecule has 1 aliphatic rings. The Morgan fingerprint density at radius 1 is 1.23 bits per heavy atom. The van der Waals surface area contributed by atoms with Gasteiger partial charge in [-0.1, -0.05) is 18.2 Å². The number of nitrogens with zero attached hydrogens (tertiary/aromatic N) is 2. The summed E-state index contributed by atoms with van der Waals surface area (Å²) < 4.78 is 11.4. The van der Waals surface area contributed by atoms with Gasteiger partial charge in [-0.2, -0.15) is 0 Å². The molecule has 0 aromatic heterocycles. The molecule has 0 N–H and O–H groups in total. The van der Waals surface area contributed by atoms with Crippen molar-refractivity contribution in [3.63, 3.8) is 0 Å². The third-order valence-electron chi connectivity index (χ3n) is 4.11. The standard InChI is InChI=1S/C18H28N2O2/c1-4-7-16-8-5-9-17(21-3)18(16)22-15-6-10-20-13-11-19(2)12-14-20/h4-5,8-9H,1,6-7,10-15H2,2-3H3. The van der Waals surface area contributed by atoms with Crippen LogP contribution in [0.3, 0.4) is 0 Å². The fraction of sp³-hybridized carbons (Fsp3) is 0.556. The van der Waals surface area contributed by atoms with E-state index in [1.807, 2.05) is 18.2 Å². The predicted octanol–water partition coefficient (Wildman–Crippen LogP) is 2.44. The Morgan fingerprint density at radius 3 is 2.68 bits per heavy atom. The fourth-order valence-electron chi connectivity index (χ4n) is 2.74. The lowest BCUT2D eigenvalue weighted by atomic mass is 10.1. The summed E-state index contributed by atoms with van der Waals surface area (Å²) in [5, 5.41) is 0. The molecular weight excluding hydrogens is 276 g/mol. The number of likely N-dealkylation sites (N-methyl/N-ethyl adjacent to an activating group) is 1. The van der Waals surface area contributed by atoms with Gasteiger partial charge in [0.25, 0.3) is 0 Å². The number of rotatable bonds is 8. The highest BCUT2D eigenvalue weighted by Crippen LogP contribution is 2.31. The lowest BCUT2D eigenvalue weighted by Crippen LogP contribution is -2.44. The van der Waals surface area contributed by atoms with Crippen molar-refractivity contribution in [1.82, 2.24) is 9.80 Å². The molecule has 4 heteroatoms. The molecule has 2 rings (SSSR count). The zero-order valence-corrected chi connectivity index (χ0v) is 13.9. The molecular formula is C18H28N2O2. The van der Waals surface area contributed by atoms with Crippen molar-refractivity contribution in [3.05, 3.63) is 36.4 Å². The Bertz CT molecular complexity index is 468. The summed E-state index contributed by atoms with van der Waals surface area (Å²) in [5.41, 5.74) is 1.13. The van der Waals surface area contributed by atoms with Crippen molar-refractivity contribution >= 4 is 0 Å². The van der Waals surface area contributed by atoms with Crippen molar-refractivity contribution in [1.29, 1.82) is 0 Å². The van der Waals surface area contributed by atoms with E-state index >= 15 is 0 Å². The van der Waals surface area contributed by atoms with Gasteiger partial charge in [0.1, 0.15) is 0 Å². The zero-order valence-electron chi connectivity index (χ0n) is 13.9. The van der Waals surface area contributed by atoms with Crippen LogP contribution in [0.1, 0.15) is 12.0 Å². The van der Waals surface area contributed by atoms with Crippen LogP contribution in [-0.2, 0) is 6.42 Å². The molecule has 0 bridgehead atoms. The molecule has 0 atom stereocenters. The molecule has 4 nitrogen and oxygen atoms in total. The van der Waals surface area contributed by atoms with E-state index in [2.05, 4.69) is 29.5 Å². The molecule has 0 radical (unpaired) electrons. The maximum absolute atomic E-state index is 6.01. The minimum Gasteiger partial charge on any atom is -0.493 e. The van der Waals surface area contributed by atoms with Crippen LogP contribution >= 0.6 is 0 Å². The van der Waals surface area contributed by atoms with E-state index in [-0.39, 0.29) is 0 Å². The summed E-state index contributed by atoms with van der Waals surface area (Å²) in [6, 6.07) is 6.01. The number of benzene rings is 1. The Kier molecular flexibility index (Phi) is 6.74. The van der Waals surface area contributed by atoms with Gasteiger partial charge in [0.05, 0.1) is 13.7 Å². The number of hydrogen-bond donors (Lipinski definition) is 0. The SMILES string of the molecule is C=CCc1cccc(OC)c1OCCCN1CCN(C)CC1. The molecule has 122 valence electrons. The van der Waals surface area contributed by atoms with Gasteiger partial charge in [-0.3, -0.25) is 0 Å². The van der Waals surface area contributed by atoms with E-state index in [9.17, 15) is 0 Å². The van der Waals surface area contributed by atoms with Crippen LogP contribution in [-0.4, -0.2) is 63.3 Å². The number of piperazine rings is 1. The average Bonchev–Trinajstić information content (AvgIpc) is 2.54. The third kappa shape index (κ3) is 4.75. The predicted molar refractivity (Wildman–Crippen MR) is 90.9 cm³/mol. The van der Waals surface area contributed by atoms with Crippen molar-refractivity contribution in [3.8, 4) is 11.5 Å². The van der Waals surface area contributed by atoms with E-state index in [4.69, 9.17) is 9.47 Å². The van der Waals surface area contributed by atoms with Crippen LogP contribution in [0.5, 0.6) is 11.5 Å². The van der Waals surface area contributed by atoms with E-state index in [1.165, 1.54) is 0 Å². The maximum Gasteiger partial charge on any atom is 0.164 e. The highest BCUT2D eigenvalue weighted by molar-refractivity contribution is 5.47. The Balaban J connectivity index is 1.82. The summed E-state index contributed by atoms with van der Waals surface area (Å²) in [7, 11) is 3.87. The topological polar surface area (TPSA) is 24.9 Å². The maximum atomic E-state index is 6.01. The van der Waals surface area contributed by atoms with Crippen molar-refractivity contribution in [2.75, 3.05) is 53.5 Å². The zero-order chi connectivity index (χ0) is 15.8. The Hall–Kier alpha value is -1.52. The largest absolute Gasteiger partial charge is 0.493 e. The van der Waals surface area contributed by atoms with E-state index in [0.29, 0.717) is 0 Å². The summed E-state index contributed by atoms with van der Waals surface area (Å²) in [5.74, 6) is 1.67. The molecule has 1 saturated heterocycles. The first-order valence-corrected chi connectivity index (χ1v) is 8.05. The first-order chi connectivity index (χ1) is 10.7. The van der Waals surface area contributed by atoms with Crippen LogP contribution in [0, 0.1) is 0 Å². The van der Waals surface area contributed by atoms with Crippen LogP contribution in [0.4, 0.5) is 0 Å². The van der Waals surface area contributed by atoms with Crippen LogP contribution < -0.4 is 9.47 Å². The van der Waals surface area contributed by atoms with Gasteiger partial charge in [-0.25, -0.2) is 0 Å². The number of allylic oxidation sites excluding steroid dienone is 1. The molecule has 22 heavy (non-hydrogen) atoms. The minimum atomic E-state index is 0.719. The van der Waals surface area contributed by atoms with Crippen molar-refractivity contribution < 1.29 is 9.47 Å². The van der Waals surface area contributed by atoms with Crippen LogP contribution in [0.15, 0.2) is 30.9 Å². The van der Waals surface area contributed by atoms with Gasteiger partial charge in [0.2, 0.25) is 0 Å². The number of ether oxygens (including phenoxy) is 2. The molecule has 1 heterocycles. The minimum absolute atomic E-state index is 0.719. The quantitative estimate of drug-likeness (QED) is 0.544. The molecule has 0 spiro atoms. The summed E-state index contributed by atoms with van der Waals surface area (Å²) >= 11 is 0. The van der Waals surface area contributed by atoms with Gasteiger partial charge >= 0.3 is 0 Å². The lowest BCUT2D eigenvalue weighted by molar-refractivity contribution is 0.145. The summed E-state index contributed by atoms with van der Waals surface area (Å²) in [4.78, 5) is 4.89. The first-order valence-electron chi connectivity index (χ1n) is 8.05. The number of methoxy groups -OCH3 is 1. The molecule has 0 amide bonds. The number of hydrogen-bond acceptors (Lipinski definition) is 4. The second-order valence-electron chi connectivity index (χ2n) is 5.79. The average molecular weight is 304 g/mol. The summed E-state index contributed by atoms with van der Waals surface area (Å²) in [6.45, 7) is 10.3. The Labute approximate surface area is 134 Å². The van der Waals surface area contributed by atoms with Gasteiger partial charge in [-0.15, -0.1) is 6.58 Å². The molecule has 1 aliphatic heterocycles. The van der Waals surface area contributed by atoms with Crippen LogP contribution in [0.2, 0.25) is 0 Å². The lowest BCUT2D eigenvalue weighted by Gasteiger charge is -2.32. The molecule has 0 unspecified atom stereocenters. The van der Waals surface area contributed by atoms with E-state index < -0.39 is 0 Å². The first kappa shape index (κ1) is 16.8. The van der Waals surface area contributed by atoms with E-state index in [0.717, 1.165) is 69.2 Å². The van der Waals surface area contributed by atoms with Crippen LogP contribution in [0.25, 0.3) is 0 Å². The van der Waals surface area contributed by atoms with Crippen molar-refractivity contribution in [2.45, 2.75) is 12.8 Å². The highest BCUT2D eigenvalue weighted by atomic mass is 16.5. The molecule has 1 aromatic rings. The van der Waals surface area contributed by atoms with Gasteiger partial charge in [0.15, 0.2) is 11.5 Å². The molecule has 1 fully saturated rings. The smallest absolute Gasteiger partial charge is 0.164 e. The van der Waals surface area contributed by atoms with Crippen molar-refractivity contribution in [2.24, 2.45) is 0 Å². The summed E-state index contributed by atoms with van der Waals surface area (Å²) in [6.07, 6.45) is 3.73. The monoisotopic (exact) mass is 304 g/mol. The second kappa shape index (κ2) is 8.81. The van der Waals surface area contributed by atoms with Gasteiger partial charge in [-0.05, 0) is 26.0 Å². The Morgan fingerprint density at radius 2 is 2.00 bits per heavy atom. The number of para-hydroxylation sites is 1. The molecule has 0 saturated carbocycles.